The minimum absolute atomic E-state index is 0.0484. The summed E-state index contributed by atoms with van der Waals surface area (Å²) in [5, 5.41) is 1.78. The SMILES string of the molecule is O=C1C=C(Cl)C[C@H](c2ccc(Cl)cc2Cl)C1. The molecular weight excluding hydrogens is 266 g/mol. The zero-order chi connectivity index (χ0) is 11.7. The Kier molecular flexibility index (Phi) is 3.58. The number of benzene rings is 1. The lowest BCUT2D eigenvalue weighted by molar-refractivity contribution is -0.115. The maximum atomic E-state index is 11.4. The molecule has 0 saturated carbocycles. The van der Waals surface area contributed by atoms with Gasteiger partial charge >= 0.3 is 0 Å². The molecule has 1 aliphatic rings. The Morgan fingerprint density at radius 1 is 1.12 bits per heavy atom. The summed E-state index contributed by atoms with van der Waals surface area (Å²) < 4.78 is 0. The maximum absolute atomic E-state index is 11.4. The molecule has 1 aromatic rings. The summed E-state index contributed by atoms with van der Waals surface area (Å²) in [5.74, 6) is 0.113. The predicted molar refractivity (Wildman–Crippen MR) is 67.4 cm³/mol. The van der Waals surface area contributed by atoms with Gasteiger partial charge in [-0.25, -0.2) is 0 Å². The number of halogens is 3. The standard InChI is InChI=1S/C12H9Cl3O/c13-8-1-2-11(12(15)6-8)7-3-9(14)5-10(16)4-7/h1-2,5-7H,3-4H2/t7-/m0/s1. The molecule has 1 atom stereocenters. The van der Waals surface area contributed by atoms with Gasteiger partial charge in [-0.1, -0.05) is 40.9 Å². The highest BCUT2D eigenvalue weighted by Crippen LogP contribution is 2.37. The van der Waals surface area contributed by atoms with E-state index >= 15 is 0 Å². The van der Waals surface area contributed by atoms with Gasteiger partial charge < -0.3 is 0 Å². The van der Waals surface area contributed by atoms with Crippen molar-refractivity contribution in [3.8, 4) is 0 Å². The number of hydrogen-bond donors (Lipinski definition) is 0. The molecule has 0 amide bonds. The van der Waals surface area contributed by atoms with Gasteiger partial charge in [0, 0.05) is 21.5 Å². The van der Waals surface area contributed by atoms with Gasteiger partial charge in [0.05, 0.1) is 0 Å². The van der Waals surface area contributed by atoms with Gasteiger partial charge in [0.1, 0.15) is 0 Å². The molecule has 1 aromatic carbocycles. The Morgan fingerprint density at radius 3 is 2.50 bits per heavy atom. The normalized spacial score (nSPS) is 20.8. The van der Waals surface area contributed by atoms with E-state index in [4.69, 9.17) is 34.8 Å². The van der Waals surface area contributed by atoms with E-state index in [0.29, 0.717) is 27.9 Å². The van der Waals surface area contributed by atoms with Crippen molar-refractivity contribution in [1.29, 1.82) is 0 Å². The van der Waals surface area contributed by atoms with E-state index in [-0.39, 0.29) is 11.7 Å². The lowest BCUT2D eigenvalue weighted by Gasteiger charge is -2.20. The number of rotatable bonds is 1. The average molecular weight is 276 g/mol. The molecule has 1 aliphatic carbocycles. The van der Waals surface area contributed by atoms with Gasteiger partial charge in [0.2, 0.25) is 0 Å². The molecule has 0 aromatic heterocycles. The van der Waals surface area contributed by atoms with Crippen molar-refractivity contribution in [3.05, 3.63) is 44.9 Å². The Morgan fingerprint density at radius 2 is 1.88 bits per heavy atom. The highest BCUT2D eigenvalue weighted by molar-refractivity contribution is 6.35. The van der Waals surface area contributed by atoms with Crippen molar-refractivity contribution in [2.45, 2.75) is 18.8 Å². The van der Waals surface area contributed by atoms with E-state index in [1.54, 1.807) is 12.1 Å². The van der Waals surface area contributed by atoms with E-state index in [2.05, 4.69) is 0 Å². The number of allylic oxidation sites excluding steroid dienone is 2. The zero-order valence-corrected chi connectivity index (χ0v) is 10.6. The summed E-state index contributed by atoms with van der Waals surface area (Å²) in [7, 11) is 0. The molecule has 2 rings (SSSR count). The van der Waals surface area contributed by atoms with Gasteiger partial charge in [-0.05, 0) is 36.1 Å². The molecule has 4 heteroatoms. The summed E-state index contributed by atoms with van der Waals surface area (Å²) in [5.41, 5.74) is 0.936. The van der Waals surface area contributed by atoms with Crippen LogP contribution < -0.4 is 0 Å². The molecule has 0 bridgehead atoms. The summed E-state index contributed by atoms with van der Waals surface area (Å²) in [4.78, 5) is 11.4. The van der Waals surface area contributed by atoms with E-state index in [0.717, 1.165) is 5.56 Å². The highest BCUT2D eigenvalue weighted by Gasteiger charge is 2.23. The van der Waals surface area contributed by atoms with Crippen molar-refractivity contribution in [3.63, 3.8) is 0 Å². The third-order valence-corrected chi connectivity index (χ3v) is 3.43. The van der Waals surface area contributed by atoms with Crippen molar-refractivity contribution in [2.24, 2.45) is 0 Å². The lowest BCUT2D eigenvalue weighted by Crippen LogP contribution is -2.11. The third-order valence-electron chi connectivity index (χ3n) is 2.61. The monoisotopic (exact) mass is 274 g/mol. The van der Waals surface area contributed by atoms with Crippen LogP contribution in [0.4, 0.5) is 0 Å². The summed E-state index contributed by atoms with van der Waals surface area (Å²) in [6.45, 7) is 0. The fourth-order valence-corrected chi connectivity index (χ4v) is 2.77. The van der Waals surface area contributed by atoms with Gasteiger partial charge in [0.15, 0.2) is 5.78 Å². The molecular formula is C12H9Cl3O. The molecule has 0 spiro atoms. The van der Waals surface area contributed by atoms with Crippen molar-refractivity contribution in [1.82, 2.24) is 0 Å². The number of carbonyl (C=O) groups excluding carboxylic acids is 1. The molecule has 0 aliphatic heterocycles. The first kappa shape index (κ1) is 12.0. The topological polar surface area (TPSA) is 17.1 Å². The maximum Gasteiger partial charge on any atom is 0.157 e. The van der Waals surface area contributed by atoms with Gasteiger partial charge in [-0.2, -0.15) is 0 Å². The fourth-order valence-electron chi connectivity index (χ4n) is 1.90. The number of hydrogen-bond acceptors (Lipinski definition) is 1. The van der Waals surface area contributed by atoms with Crippen LogP contribution in [0.1, 0.15) is 24.3 Å². The highest BCUT2D eigenvalue weighted by atomic mass is 35.5. The first-order chi connectivity index (χ1) is 7.56. The van der Waals surface area contributed by atoms with E-state index in [1.165, 1.54) is 6.08 Å². The zero-order valence-electron chi connectivity index (χ0n) is 8.34. The first-order valence-electron chi connectivity index (χ1n) is 4.90. The van der Waals surface area contributed by atoms with Crippen LogP contribution in [0.3, 0.4) is 0 Å². The Balaban J connectivity index is 2.32. The first-order valence-corrected chi connectivity index (χ1v) is 6.03. The molecule has 0 heterocycles. The quantitative estimate of drug-likeness (QED) is 0.734. The molecule has 0 N–H and O–H groups in total. The largest absolute Gasteiger partial charge is 0.295 e. The van der Waals surface area contributed by atoms with Gasteiger partial charge in [-0.15, -0.1) is 0 Å². The van der Waals surface area contributed by atoms with Gasteiger partial charge in [0.25, 0.3) is 0 Å². The number of carbonyl (C=O) groups is 1. The summed E-state index contributed by atoms with van der Waals surface area (Å²) in [6.07, 6.45) is 2.61. The van der Waals surface area contributed by atoms with Crippen LogP contribution in [-0.4, -0.2) is 5.78 Å². The van der Waals surface area contributed by atoms with Gasteiger partial charge in [-0.3, -0.25) is 4.79 Å². The Labute approximate surface area is 109 Å². The molecule has 1 nitrogen and oxygen atoms in total. The van der Waals surface area contributed by atoms with Crippen LogP contribution in [0.2, 0.25) is 10.0 Å². The predicted octanol–water partition coefficient (Wildman–Crippen LogP) is 4.56. The Hall–Kier alpha value is -0.500. The number of ketones is 1. The molecule has 0 saturated heterocycles. The van der Waals surface area contributed by atoms with Crippen molar-refractivity contribution in [2.75, 3.05) is 0 Å². The molecule has 0 unspecified atom stereocenters. The second-order valence-corrected chi connectivity index (χ2v) is 5.16. The Bertz CT molecular complexity index is 465. The van der Waals surface area contributed by atoms with Crippen LogP contribution in [0.25, 0.3) is 0 Å². The minimum Gasteiger partial charge on any atom is -0.295 e. The van der Waals surface area contributed by atoms with E-state index < -0.39 is 0 Å². The molecule has 0 fully saturated rings. The second kappa shape index (κ2) is 4.79. The van der Waals surface area contributed by atoms with Crippen molar-refractivity contribution >= 4 is 40.6 Å². The van der Waals surface area contributed by atoms with Crippen LogP contribution in [-0.2, 0) is 4.79 Å². The van der Waals surface area contributed by atoms with Crippen LogP contribution in [0.5, 0.6) is 0 Å². The van der Waals surface area contributed by atoms with Crippen LogP contribution in [0.15, 0.2) is 29.3 Å². The van der Waals surface area contributed by atoms with E-state index in [1.807, 2.05) is 6.07 Å². The van der Waals surface area contributed by atoms with Crippen LogP contribution >= 0.6 is 34.8 Å². The summed E-state index contributed by atoms with van der Waals surface area (Å²) in [6, 6.07) is 5.33. The smallest absolute Gasteiger partial charge is 0.157 e. The molecule has 84 valence electrons. The third kappa shape index (κ3) is 2.60. The minimum atomic E-state index is 0.0484. The van der Waals surface area contributed by atoms with Crippen LogP contribution in [0, 0.1) is 0 Å². The average Bonchev–Trinajstić information content (AvgIpc) is 2.15. The van der Waals surface area contributed by atoms with E-state index in [9.17, 15) is 4.79 Å². The molecule has 0 radical (unpaired) electrons. The van der Waals surface area contributed by atoms with Crippen molar-refractivity contribution < 1.29 is 4.79 Å². The lowest BCUT2D eigenvalue weighted by atomic mass is 9.87. The second-order valence-electron chi connectivity index (χ2n) is 3.83. The fraction of sp³-hybridized carbons (Fsp3) is 0.250. The molecule has 16 heavy (non-hydrogen) atoms. The summed E-state index contributed by atoms with van der Waals surface area (Å²) >= 11 is 17.8.